The molecule has 0 spiro atoms. The van der Waals surface area contributed by atoms with E-state index in [1.165, 1.54) is 23.5 Å². The molecule has 2 N–H and O–H groups in total. The van der Waals surface area contributed by atoms with Gasteiger partial charge in [-0.3, -0.25) is 9.59 Å². The zero-order valence-corrected chi connectivity index (χ0v) is 11.7. The van der Waals surface area contributed by atoms with E-state index in [4.69, 9.17) is 5.11 Å². The fraction of sp³-hybridized carbons (Fsp3) is 0.286. The molecule has 1 aromatic heterocycles. The van der Waals surface area contributed by atoms with Crippen molar-refractivity contribution in [2.75, 3.05) is 6.54 Å². The van der Waals surface area contributed by atoms with E-state index in [1.807, 2.05) is 0 Å². The van der Waals surface area contributed by atoms with Gasteiger partial charge in [0, 0.05) is 16.6 Å². The molecule has 0 aliphatic heterocycles. The van der Waals surface area contributed by atoms with E-state index < -0.39 is 11.9 Å². The van der Waals surface area contributed by atoms with Crippen LogP contribution in [0.4, 0.5) is 4.39 Å². The third-order valence-electron chi connectivity index (χ3n) is 3.08. The van der Waals surface area contributed by atoms with Gasteiger partial charge in [-0.15, -0.1) is 11.3 Å². The summed E-state index contributed by atoms with van der Waals surface area (Å²) in [7, 11) is 0. The Labute approximate surface area is 119 Å². The molecule has 2 aromatic rings. The highest BCUT2D eigenvalue weighted by Gasteiger charge is 2.18. The maximum absolute atomic E-state index is 13.5. The molecule has 6 heteroatoms. The van der Waals surface area contributed by atoms with Crippen LogP contribution in [0.3, 0.4) is 0 Å². The molecule has 1 aromatic carbocycles. The number of carbonyl (C=O) groups is 2. The molecule has 20 heavy (non-hydrogen) atoms. The number of carboxylic acids is 1. The van der Waals surface area contributed by atoms with Crippen molar-refractivity contribution < 1.29 is 19.1 Å². The van der Waals surface area contributed by atoms with Crippen molar-refractivity contribution in [3.63, 3.8) is 0 Å². The Morgan fingerprint density at radius 3 is 2.80 bits per heavy atom. The van der Waals surface area contributed by atoms with Gasteiger partial charge in [-0.2, -0.15) is 0 Å². The van der Waals surface area contributed by atoms with Crippen LogP contribution < -0.4 is 5.32 Å². The molecule has 1 amide bonds. The predicted molar refractivity (Wildman–Crippen MR) is 75.5 cm³/mol. The van der Waals surface area contributed by atoms with Crippen LogP contribution in [0.15, 0.2) is 24.3 Å². The minimum atomic E-state index is -0.935. The van der Waals surface area contributed by atoms with Crippen molar-refractivity contribution in [3.8, 4) is 0 Å². The van der Waals surface area contributed by atoms with Crippen LogP contribution >= 0.6 is 11.3 Å². The number of fused-ring (bicyclic) bond motifs is 1. The van der Waals surface area contributed by atoms with E-state index in [0.29, 0.717) is 21.4 Å². The Bertz CT molecular complexity index is 653. The Balaban J connectivity index is 2.12. The third kappa shape index (κ3) is 2.96. The number of carboxylic acid groups (broad SMARTS) is 1. The Kier molecular flexibility index (Phi) is 4.34. The molecule has 0 fully saturated rings. The first kappa shape index (κ1) is 14.5. The Hall–Kier alpha value is -1.95. The van der Waals surface area contributed by atoms with E-state index >= 15 is 0 Å². The average molecular weight is 295 g/mol. The van der Waals surface area contributed by atoms with Crippen molar-refractivity contribution in [3.05, 3.63) is 35.0 Å². The van der Waals surface area contributed by atoms with Gasteiger partial charge < -0.3 is 10.4 Å². The molecule has 0 radical (unpaired) electrons. The largest absolute Gasteiger partial charge is 0.481 e. The molecule has 2 rings (SSSR count). The summed E-state index contributed by atoms with van der Waals surface area (Å²) in [6, 6.07) is 6.17. The molecular weight excluding hydrogens is 281 g/mol. The van der Waals surface area contributed by atoms with E-state index in [9.17, 15) is 14.0 Å². The first-order valence-corrected chi connectivity index (χ1v) is 7.03. The first-order valence-electron chi connectivity index (χ1n) is 6.22. The zero-order valence-electron chi connectivity index (χ0n) is 10.9. The number of benzene rings is 1. The van der Waals surface area contributed by atoms with Gasteiger partial charge in [0.15, 0.2) is 0 Å². The molecule has 0 saturated carbocycles. The van der Waals surface area contributed by atoms with Gasteiger partial charge in [0.2, 0.25) is 0 Å². The van der Waals surface area contributed by atoms with E-state index in [2.05, 4.69) is 5.32 Å². The summed E-state index contributed by atoms with van der Waals surface area (Å²) >= 11 is 1.19. The second-order valence-corrected chi connectivity index (χ2v) is 5.50. The minimum absolute atomic E-state index is 0.0708. The molecule has 0 aliphatic rings. The van der Waals surface area contributed by atoms with Gasteiger partial charge in [0.25, 0.3) is 5.91 Å². The number of thiophene rings is 1. The standard InChI is InChI=1S/C14H14FNO3S/c1-2-8(14(18)19)7-16-13(17)12-6-9-10(15)4-3-5-11(9)20-12/h3-6,8H,2,7H2,1H3,(H,16,17)(H,18,19). The lowest BCUT2D eigenvalue weighted by Gasteiger charge is -2.10. The van der Waals surface area contributed by atoms with Crippen LogP contribution in [0.1, 0.15) is 23.0 Å². The molecule has 1 atom stereocenters. The molecule has 1 heterocycles. The van der Waals surface area contributed by atoms with Crippen molar-refractivity contribution in [1.29, 1.82) is 0 Å². The fourth-order valence-corrected chi connectivity index (χ4v) is 2.84. The van der Waals surface area contributed by atoms with Crippen molar-refractivity contribution >= 4 is 33.3 Å². The number of carbonyl (C=O) groups excluding carboxylic acids is 1. The summed E-state index contributed by atoms with van der Waals surface area (Å²) in [5.74, 6) is -2.28. The van der Waals surface area contributed by atoms with Gasteiger partial charge in [0.1, 0.15) is 5.82 Å². The van der Waals surface area contributed by atoms with E-state index in [-0.39, 0.29) is 18.3 Å². The first-order chi connectivity index (χ1) is 9.52. The van der Waals surface area contributed by atoms with E-state index in [0.717, 1.165) is 0 Å². The van der Waals surface area contributed by atoms with Crippen LogP contribution in [0.2, 0.25) is 0 Å². The van der Waals surface area contributed by atoms with Crippen LogP contribution in [0.25, 0.3) is 10.1 Å². The summed E-state index contributed by atoms with van der Waals surface area (Å²) in [5.41, 5.74) is 0. The minimum Gasteiger partial charge on any atom is -0.481 e. The molecule has 106 valence electrons. The second kappa shape index (κ2) is 6.00. The maximum atomic E-state index is 13.5. The Morgan fingerprint density at radius 1 is 1.45 bits per heavy atom. The van der Waals surface area contributed by atoms with Gasteiger partial charge in [0.05, 0.1) is 10.8 Å². The smallest absolute Gasteiger partial charge is 0.308 e. The molecule has 0 aliphatic carbocycles. The third-order valence-corrected chi connectivity index (χ3v) is 4.18. The number of aliphatic carboxylic acids is 1. The number of hydrogen-bond donors (Lipinski definition) is 2. The number of rotatable bonds is 5. The highest BCUT2D eigenvalue weighted by molar-refractivity contribution is 7.20. The van der Waals surface area contributed by atoms with Crippen LogP contribution in [0, 0.1) is 11.7 Å². The molecular formula is C14H14FNO3S. The lowest BCUT2D eigenvalue weighted by atomic mass is 10.1. The fourth-order valence-electron chi connectivity index (χ4n) is 1.85. The molecule has 4 nitrogen and oxygen atoms in total. The number of nitrogens with one attached hydrogen (secondary N) is 1. The zero-order chi connectivity index (χ0) is 14.7. The number of amides is 1. The average Bonchev–Trinajstić information content (AvgIpc) is 2.84. The lowest BCUT2D eigenvalue weighted by Crippen LogP contribution is -2.32. The van der Waals surface area contributed by atoms with Gasteiger partial charge in [-0.25, -0.2) is 4.39 Å². The summed E-state index contributed by atoms with van der Waals surface area (Å²) in [6.45, 7) is 1.82. The van der Waals surface area contributed by atoms with Crippen molar-refractivity contribution in [1.82, 2.24) is 5.32 Å². The number of halogens is 1. The molecule has 0 bridgehead atoms. The SMILES string of the molecule is CCC(CNC(=O)c1cc2c(F)cccc2s1)C(=O)O. The monoisotopic (exact) mass is 295 g/mol. The quantitative estimate of drug-likeness (QED) is 0.891. The molecule has 1 unspecified atom stereocenters. The molecule has 0 saturated heterocycles. The number of hydrogen-bond acceptors (Lipinski definition) is 3. The predicted octanol–water partition coefficient (Wildman–Crippen LogP) is 2.88. The van der Waals surface area contributed by atoms with Crippen LogP contribution in [-0.4, -0.2) is 23.5 Å². The van der Waals surface area contributed by atoms with Crippen molar-refractivity contribution in [2.24, 2.45) is 5.92 Å². The highest BCUT2D eigenvalue weighted by atomic mass is 32.1. The summed E-state index contributed by atoms with van der Waals surface area (Å²) < 4.78 is 14.2. The summed E-state index contributed by atoms with van der Waals surface area (Å²) in [6.07, 6.45) is 0.441. The van der Waals surface area contributed by atoms with Gasteiger partial charge in [-0.05, 0) is 24.6 Å². The van der Waals surface area contributed by atoms with Crippen LogP contribution in [-0.2, 0) is 4.79 Å². The summed E-state index contributed by atoms with van der Waals surface area (Å²) in [4.78, 5) is 23.2. The van der Waals surface area contributed by atoms with Gasteiger partial charge >= 0.3 is 5.97 Å². The second-order valence-electron chi connectivity index (χ2n) is 4.42. The highest BCUT2D eigenvalue weighted by Crippen LogP contribution is 2.27. The van der Waals surface area contributed by atoms with Gasteiger partial charge in [-0.1, -0.05) is 13.0 Å². The topological polar surface area (TPSA) is 66.4 Å². The summed E-state index contributed by atoms with van der Waals surface area (Å²) in [5, 5.41) is 11.9. The normalized spacial score (nSPS) is 12.3. The maximum Gasteiger partial charge on any atom is 0.308 e. The van der Waals surface area contributed by atoms with Crippen molar-refractivity contribution in [2.45, 2.75) is 13.3 Å². The Morgan fingerprint density at radius 2 is 2.20 bits per heavy atom. The van der Waals surface area contributed by atoms with Crippen LogP contribution in [0.5, 0.6) is 0 Å². The van der Waals surface area contributed by atoms with E-state index in [1.54, 1.807) is 19.1 Å². The lowest BCUT2D eigenvalue weighted by molar-refractivity contribution is -0.141.